The summed E-state index contributed by atoms with van der Waals surface area (Å²) in [6.07, 6.45) is 1.88. The van der Waals surface area contributed by atoms with E-state index in [0.29, 0.717) is 26.3 Å². The van der Waals surface area contributed by atoms with E-state index in [2.05, 4.69) is 4.90 Å². The van der Waals surface area contributed by atoms with Gasteiger partial charge >= 0.3 is 0 Å². The summed E-state index contributed by atoms with van der Waals surface area (Å²) in [4.78, 5) is 2.20. The molecular formula is C21H29NO4. The van der Waals surface area contributed by atoms with Gasteiger partial charge in [0.2, 0.25) is 0 Å². The van der Waals surface area contributed by atoms with Crippen LogP contribution in [0.5, 0.6) is 0 Å². The maximum atomic E-state index is 10.4. The molecule has 5 heteroatoms. The Hall–Kier alpha value is -1.66. The minimum absolute atomic E-state index is 0.239. The lowest BCUT2D eigenvalue weighted by Crippen LogP contribution is -2.39. The van der Waals surface area contributed by atoms with Crippen molar-refractivity contribution in [1.82, 2.24) is 4.90 Å². The molecule has 1 saturated heterocycles. The molecule has 3 rings (SSSR count). The molecule has 0 spiro atoms. The predicted molar refractivity (Wildman–Crippen MR) is 99.8 cm³/mol. The third-order valence-corrected chi connectivity index (χ3v) is 4.55. The second-order valence-corrected chi connectivity index (χ2v) is 7.00. The quantitative estimate of drug-likeness (QED) is 0.706. The van der Waals surface area contributed by atoms with Crippen LogP contribution in [-0.2, 0) is 22.6 Å². The Morgan fingerprint density at radius 3 is 2.77 bits per heavy atom. The van der Waals surface area contributed by atoms with Gasteiger partial charge in [0.05, 0.1) is 32.0 Å². The summed E-state index contributed by atoms with van der Waals surface area (Å²) < 4.78 is 17.1. The molecule has 142 valence electrons. The second-order valence-electron chi connectivity index (χ2n) is 7.00. The van der Waals surface area contributed by atoms with Crippen LogP contribution >= 0.6 is 0 Å². The molecular weight excluding hydrogens is 330 g/mol. The van der Waals surface area contributed by atoms with Gasteiger partial charge < -0.3 is 19.0 Å². The number of benzene rings is 1. The van der Waals surface area contributed by atoms with E-state index in [1.165, 1.54) is 0 Å². The summed E-state index contributed by atoms with van der Waals surface area (Å²) in [7, 11) is 0. The van der Waals surface area contributed by atoms with Gasteiger partial charge in [-0.1, -0.05) is 30.3 Å². The number of furan rings is 1. The topological polar surface area (TPSA) is 55.1 Å². The molecule has 0 saturated carbocycles. The minimum atomic E-state index is -0.545. The normalized spacial score (nSPS) is 18.5. The molecule has 1 aromatic heterocycles. The Bertz CT molecular complexity index is 636. The zero-order valence-electron chi connectivity index (χ0n) is 15.5. The van der Waals surface area contributed by atoms with E-state index in [4.69, 9.17) is 13.9 Å². The molecule has 2 atom stereocenters. The van der Waals surface area contributed by atoms with Crippen molar-refractivity contribution >= 4 is 0 Å². The number of hydrogen-bond acceptors (Lipinski definition) is 5. The Kier molecular flexibility index (Phi) is 7.26. The van der Waals surface area contributed by atoms with Crippen LogP contribution in [0.1, 0.15) is 29.9 Å². The van der Waals surface area contributed by atoms with Crippen molar-refractivity contribution in [3.8, 4) is 0 Å². The van der Waals surface area contributed by atoms with Gasteiger partial charge in [-0.3, -0.25) is 4.90 Å². The summed E-state index contributed by atoms with van der Waals surface area (Å²) in [5, 5.41) is 10.4. The average molecular weight is 359 g/mol. The molecule has 1 aliphatic heterocycles. The van der Waals surface area contributed by atoms with Crippen LogP contribution in [0.25, 0.3) is 0 Å². The number of aliphatic hydroxyl groups excluding tert-OH is 1. The average Bonchev–Trinajstić information content (AvgIpc) is 3.27. The first-order valence-corrected chi connectivity index (χ1v) is 9.38. The Morgan fingerprint density at radius 1 is 1.23 bits per heavy atom. The molecule has 1 aliphatic rings. The highest BCUT2D eigenvalue weighted by Gasteiger charge is 2.22. The third-order valence-electron chi connectivity index (χ3n) is 4.55. The summed E-state index contributed by atoms with van der Waals surface area (Å²) >= 11 is 0. The van der Waals surface area contributed by atoms with Gasteiger partial charge in [0.1, 0.15) is 11.5 Å². The minimum Gasteiger partial charge on any atom is -0.465 e. The van der Waals surface area contributed by atoms with E-state index in [9.17, 15) is 5.11 Å². The smallest absolute Gasteiger partial charge is 0.118 e. The van der Waals surface area contributed by atoms with Crippen molar-refractivity contribution in [2.24, 2.45) is 0 Å². The van der Waals surface area contributed by atoms with Crippen molar-refractivity contribution in [1.29, 1.82) is 0 Å². The van der Waals surface area contributed by atoms with Crippen LogP contribution in [0.3, 0.4) is 0 Å². The highest BCUT2D eigenvalue weighted by Crippen LogP contribution is 2.16. The lowest BCUT2D eigenvalue weighted by atomic mass is 10.2. The first-order chi connectivity index (χ1) is 12.7. The second kappa shape index (κ2) is 9.88. The van der Waals surface area contributed by atoms with Gasteiger partial charge in [0.15, 0.2) is 0 Å². The van der Waals surface area contributed by atoms with Crippen LogP contribution < -0.4 is 0 Å². The van der Waals surface area contributed by atoms with Crippen LogP contribution in [0.15, 0.2) is 46.9 Å². The third kappa shape index (κ3) is 6.25. The molecule has 1 fully saturated rings. The molecule has 2 unspecified atom stereocenters. The highest BCUT2D eigenvalue weighted by molar-refractivity contribution is 5.13. The summed E-state index contributed by atoms with van der Waals surface area (Å²) in [6, 6.07) is 14.0. The van der Waals surface area contributed by atoms with Gasteiger partial charge in [-0.2, -0.15) is 0 Å². The molecule has 26 heavy (non-hydrogen) atoms. The number of aryl methyl sites for hydroxylation is 1. The number of rotatable bonds is 10. The van der Waals surface area contributed by atoms with E-state index >= 15 is 0 Å². The number of aliphatic hydroxyl groups is 1. The molecule has 2 heterocycles. The molecule has 1 aromatic carbocycles. The molecule has 1 N–H and O–H groups in total. The Labute approximate surface area is 155 Å². The number of hydrogen-bond donors (Lipinski definition) is 1. The van der Waals surface area contributed by atoms with E-state index in [1.54, 1.807) is 0 Å². The number of ether oxygens (including phenoxy) is 2. The van der Waals surface area contributed by atoms with Crippen LogP contribution in [-0.4, -0.2) is 48.5 Å². The largest absolute Gasteiger partial charge is 0.465 e. The summed E-state index contributed by atoms with van der Waals surface area (Å²) in [5.74, 6) is 1.82. The van der Waals surface area contributed by atoms with Crippen molar-refractivity contribution in [3.63, 3.8) is 0 Å². The van der Waals surface area contributed by atoms with Crippen LogP contribution in [0.2, 0.25) is 0 Å². The fourth-order valence-electron chi connectivity index (χ4n) is 3.31. The number of nitrogens with zero attached hydrogens (tertiary/aromatic N) is 1. The standard InChI is InChI=1S/C21H29NO4/c1-17-9-10-21(26-17)14-22(13-20-8-5-11-25-20)12-19(23)16-24-15-18-6-3-2-4-7-18/h2-4,6-7,9-10,19-20,23H,5,8,11-16H2,1H3. The zero-order chi connectivity index (χ0) is 18.2. The highest BCUT2D eigenvalue weighted by atomic mass is 16.5. The Morgan fingerprint density at radius 2 is 2.08 bits per heavy atom. The zero-order valence-corrected chi connectivity index (χ0v) is 15.5. The molecule has 2 aromatic rings. The monoisotopic (exact) mass is 359 g/mol. The maximum Gasteiger partial charge on any atom is 0.118 e. The first kappa shape index (κ1) is 19.1. The summed E-state index contributed by atoms with van der Waals surface area (Å²) in [5.41, 5.74) is 1.11. The van der Waals surface area contributed by atoms with Gasteiger partial charge in [-0.05, 0) is 37.5 Å². The van der Waals surface area contributed by atoms with Crippen molar-refractivity contribution in [2.45, 2.75) is 45.1 Å². The lowest BCUT2D eigenvalue weighted by molar-refractivity contribution is -0.00419. The van der Waals surface area contributed by atoms with Crippen molar-refractivity contribution in [3.05, 3.63) is 59.5 Å². The van der Waals surface area contributed by atoms with E-state index in [1.807, 2.05) is 49.4 Å². The molecule has 5 nitrogen and oxygen atoms in total. The molecule has 0 aliphatic carbocycles. The summed E-state index contributed by atoms with van der Waals surface area (Å²) in [6.45, 7) is 5.61. The van der Waals surface area contributed by atoms with Crippen LogP contribution in [0.4, 0.5) is 0 Å². The fraction of sp³-hybridized carbons (Fsp3) is 0.524. The lowest BCUT2D eigenvalue weighted by Gasteiger charge is -2.26. The fourth-order valence-corrected chi connectivity index (χ4v) is 3.31. The first-order valence-electron chi connectivity index (χ1n) is 9.38. The van der Waals surface area contributed by atoms with Gasteiger partial charge in [-0.15, -0.1) is 0 Å². The van der Waals surface area contributed by atoms with E-state index in [-0.39, 0.29) is 6.10 Å². The Balaban J connectivity index is 1.48. The SMILES string of the molecule is Cc1ccc(CN(CC(O)COCc2ccccc2)CC2CCCO2)o1. The predicted octanol–water partition coefficient (Wildman–Crippen LogP) is 3.15. The van der Waals surface area contributed by atoms with E-state index < -0.39 is 6.10 Å². The maximum absolute atomic E-state index is 10.4. The van der Waals surface area contributed by atoms with Gasteiger partial charge in [0.25, 0.3) is 0 Å². The molecule has 0 bridgehead atoms. The van der Waals surface area contributed by atoms with Gasteiger partial charge in [-0.25, -0.2) is 0 Å². The van der Waals surface area contributed by atoms with E-state index in [0.717, 1.165) is 43.1 Å². The van der Waals surface area contributed by atoms with Crippen molar-refractivity contribution in [2.75, 3.05) is 26.3 Å². The van der Waals surface area contributed by atoms with Crippen LogP contribution in [0, 0.1) is 6.92 Å². The van der Waals surface area contributed by atoms with Crippen molar-refractivity contribution < 1.29 is 19.0 Å². The molecule has 0 radical (unpaired) electrons. The van der Waals surface area contributed by atoms with Gasteiger partial charge in [0, 0.05) is 19.7 Å². The molecule has 0 amide bonds.